The summed E-state index contributed by atoms with van der Waals surface area (Å²) >= 11 is 0. The number of carbonyl (C=O) groups excluding carboxylic acids is 1. The molecule has 3 aliphatic carbocycles. The normalized spacial score (nSPS) is 21.1. The van der Waals surface area contributed by atoms with Gasteiger partial charge in [-0.1, -0.05) is 109 Å². The lowest BCUT2D eigenvalue weighted by atomic mass is 9.79. The molecule has 13 rings (SSSR count). The molecule has 0 radical (unpaired) electrons. The van der Waals surface area contributed by atoms with Crippen molar-refractivity contribution in [3.05, 3.63) is 190 Å². The molecule has 8 heteroatoms. The van der Waals surface area contributed by atoms with E-state index in [2.05, 4.69) is 76.6 Å². The topological polar surface area (TPSA) is 112 Å². The van der Waals surface area contributed by atoms with E-state index in [1.807, 2.05) is 85.2 Å². The van der Waals surface area contributed by atoms with Crippen LogP contribution >= 0.6 is 0 Å². The van der Waals surface area contributed by atoms with Gasteiger partial charge in [-0.2, -0.15) is 0 Å². The highest BCUT2D eigenvalue weighted by molar-refractivity contribution is 6.52. The monoisotopic (exact) mass is 720 g/mol. The first-order valence-corrected chi connectivity index (χ1v) is 18.7. The van der Waals surface area contributed by atoms with Gasteiger partial charge in [0.1, 0.15) is 5.76 Å². The number of benzene rings is 6. The lowest BCUT2D eigenvalue weighted by Gasteiger charge is -2.41. The van der Waals surface area contributed by atoms with E-state index in [1.165, 1.54) is 0 Å². The van der Waals surface area contributed by atoms with Crippen molar-refractivity contribution >= 4 is 55.5 Å². The largest absolute Gasteiger partial charge is 0.506 e. The summed E-state index contributed by atoms with van der Waals surface area (Å²) in [4.78, 5) is 30.0. The second-order valence-electron chi connectivity index (χ2n) is 15.0. The number of hydrogen-bond donors (Lipinski definition) is 4. The van der Waals surface area contributed by atoms with Crippen molar-refractivity contribution in [3.8, 4) is 22.5 Å². The van der Waals surface area contributed by atoms with E-state index >= 15 is 0 Å². The molecule has 6 aromatic carbocycles. The predicted octanol–water partition coefficient (Wildman–Crippen LogP) is 8.13. The van der Waals surface area contributed by atoms with Gasteiger partial charge in [-0.15, -0.1) is 0 Å². The molecule has 2 unspecified atom stereocenters. The summed E-state index contributed by atoms with van der Waals surface area (Å²) in [5.41, 5.74) is 9.74. The molecule has 0 saturated heterocycles. The Kier molecular flexibility index (Phi) is 5.40. The smallest absolute Gasteiger partial charge is 0.201 e. The molecule has 0 saturated carbocycles. The minimum absolute atomic E-state index is 0.0453. The zero-order chi connectivity index (χ0) is 36.9. The lowest BCUT2D eigenvalue weighted by molar-refractivity contribution is -0.109. The van der Waals surface area contributed by atoms with Crippen LogP contribution in [0.4, 0.5) is 17.1 Å². The average Bonchev–Trinajstić information content (AvgIpc) is 3.66. The number of allylic oxidation sites excluding steroid dienone is 2. The minimum atomic E-state index is -0.972. The Balaban J connectivity index is 1.06. The molecular weight excluding hydrogens is 693 g/mol. The number of rotatable bonds is 1. The number of Topliss-reactive ketones (excluding diaryl/α,β-unsaturated/α-hetero) is 1. The molecule has 2 spiro atoms. The molecule has 0 bridgehead atoms. The number of aliphatic hydroxyl groups is 1. The molecule has 4 N–H and O–H groups in total. The van der Waals surface area contributed by atoms with E-state index in [4.69, 9.17) is 15.0 Å². The number of aromatic nitrogens is 2. The maximum Gasteiger partial charge on any atom is 0.201 e. The fourth-order valence-electron chi connectivity index (χ4n) is 9.99. The SMILES string of the molecule is O=C1C(c2ccc3cccc4c3c2NC2(N4)c3ccccc3-c3ncccc32)=C(O)/C1=c1\ccc2cccc3c2c1=NC1(N3)c2ccccc2-c2ncccc21. The average molecular weight is 721 g/mol. The van der Waals surface area contributed by atoms with Gasteiger partial charge in [0.2, 0.25) is 5.78 Å². The molecule has 2 aromatic heterocycles. The third kappa shape index (κ3) is 3.46. The van der Waals surface area contributed by atoms with Crippen LogP contribution in [-0.4, -0.2) is 20.9 Å². The van der Waals surface area contributed by atoms with E-state index < -0.39 is 11.3 Å². The Labute approximate surface area is 319 Å². The van der Waals surface area contributed by atoms with Crippen molar-refractivity contribution in [3.63, 3.8) is 0 Å². The number of hydrogen-bond acceptors (Lipinski definition) is 8. The van der Waals surface area contributed by atoms with Gasteiger partial charge >= 0.3 is 0 Å². The van der Waals surface area contributed by atoms with Crippen molar-refractivity contribution in [1.29, 1.82) is 0 Å². The molecule has 8 aromatic rings. The minimum Gasteiger partial charge on any atom is -0.506 e. The van der Waals surface area contributed by atoms with Crippen molar-refractivity contribution in [2.45, 2.75) is 11.3 Å². The second kappa shape index (κ2) is 10.1. The molecule has 56 heavy (non-hydrogen) atoms. The number of nitrogens with zero attached hydrogens (tertiary/aromatic N) is 3. The first-order chi connectivity index (χ1) is 27.6. The van der Waals surface area contributed by atoms with Crippen LogP contribution in [0, 0.1) is 0 Å². The summed E-state index contributed by atoms with van der Waals surface area (Å²) in [7, 11) is 0. The lowest BCUT2D eigenvalue weighted by Crippen LogP contribution is -2.45. The Morgan fingerprint density at radius 1 is 0.518 bits per heavy atom. The molecule has 2 aliphatic heterocycles. The van der Waals surface area contributed by atoms with Crippen LogP contribution in [0.1, 0.15) is 27.8 Å². The van der Waals surface area contributed by atoms with E-state index in [0.29, 0.717) is 16.1 Å². The standard InChI is InChI=1S/C48H28N6O2/c55-45-39(29-21-19-25-9-5-17-35-37(25)43(29)53-47(51-35)31-13-3-1-11-27(31)41-33(47)15-7-23-49-41)46(56)40(45)30-22-20-26-10-6-18-36-38(26)44(30)54-48(52-36)32-14-4-2-12-28(32)42-34(48)16-8-24-50-42/h1-24,51-53,55H/b40-30-. The number of anilines is 3. The van der Waals surface area contributed by atoms with E-state index in [0.717, 1.165) is 83.4 Å². The summed E-state index contributed by atoms with van der Waals surface area (Å²) in [6.45, 7) is 0. The number of aliphatic hydroxyl groups excluding tert-OH is 1. The molecule has 4 heterocycles. The number of ketones is 1. The first kappa shape index (κ1) is 29.8. The molecule has 0 amide bonds. The van der Waals surface area contributed by atoms with Crippen LogP contribution < -0.4 is 26.5 Å². The summed E-state index contributed by atoms with van der Waals surface area (Å²) < 4.78 is 0. The molecule has 5 aliphatic rings. The summed E-state index contributed by atoms with van der Waals surface area (Å²) in [6, 6.07) is 44.7. The summed E-state index contributed by atoms with van der Waals surface area (Å²) in [5.74, 6) is -0.278. The fourth-order valence-corrected chi connectivity index (χ4v) is 9.99. The van der Waals surface area contributed by atoms with Crippen molar-refractivity contribution in [2.24, 2.45) is 4.99 Å². The van der Waals surface area contributed by atoms with Crippen LogP contribution in [0.15, 0.2) is 157 Å². The van der Waals surface area contributed by atoms with Crippen LogP contribution in [0.3, 0.4) is 0 Å². The fraction of sp³-hybridized carbons (Fsp3) is 0.0417. The Hall–Kier alpha value is -7.58. The van der Waals surface area contributed by atoms with Crippen molar-refractivity contribution in [2.75, 3.05) is 16.0 Å². The maximum absolute atomic E-state index is 14.8. The molecule has 262 valence electrons. The highest BCUT2D eigenvalue weighted by Gasteiger charge is 2.49. The number of nitrogens with one attached hydrogen (secondary N) is 3. The van der Waals surface area contributed by atoms with Crippen LogP contribution in [0.5, 0.6) is 0 Å². The number of pyridine rings is 2. The van der Waals surface area contributed by atoms with Gasteiger partial charge in [-0.25, -0.2) is 4.99 Å². The van der Waals surface area contributed by atoms with Crippen LogP contribution in [0.2, 0.25) is 0 Å². The van der Waals surface area contributed by atoms with Gasteiger partial charge in [-0.3, -0.25) is 14.8 Å². The Morgan fingerprint density at radius 2 is 1.16 bits per heavy atom. The third-order valence-corrected chi connectivity index (χ3v) is 12.3. The zero-order valence-corrected chi connectivity index (χ0v) is 29.6. The van der Waals surface area contributed by atoms with Gasteiger partial charge in [0.15, 0.2) is 11.3 Å². The molecule has 8 nitrogen and oxygen atoms in total. The van der Waals surface area contributed by atoms with E-state index in [1.54, 1.807) is 0 Å². The van der Waals surface area contributed by atoms with Gasteiger partial charge < -0.3 is 21.1 Å². The quantitative estimate of drug-likeness (QED) is 0.136. The molecule has 2 atom stereocenters. The number of carbonyl (C=O) groups is 1. The highest BCUT2D eigenvalue weighted by Crippen LogP contribution is 2.55. The molecule has 0 fully saturated rings. The van der Waals surface area contributed by atoms with Gasteiger partial charge in [0.25, 0.3) is 0 Å². The summed E-state index contributed by atoms with van der Waals surface area (Å²) in [5, 5.41) is 28.9. The van der Waals surface area contributed by atoms with Crippen molar-refractivity contribution in [1.82, 2.24) is 9.97 Å². The number of fused-ring (bicyclic) bond motifs is 10. The second-order valence-corrected chi connectivity index (χ2v) is 15.0. The maximum atomic E-state index is 14.8. The van der Waals surface area contributed by atoms with Gasteiger partial charge in [-0.05, 0) is 35.0 Å². The van der Waals surface area contributed by atoms with Gasteiger partial charge in [0.05, 0.1) is 33.6 Å². The Bertz CT molecular complexity index is 3260. The predicted molar refractivity (Wildman–Crippen MR) is 218 cm³/mol. The van der Waals surface area contributed by atoms with Crippen LogP contribution in [0.25, 0.3) is 55.2 Å². The van der Waals surface area contributed by atoms with Gasteiger partial charge in [0, 0.05) is 78.7 Å². The van der Waals surface area contributed by atoms with E-state index in [9.17, 15) is 9.90 Å². The van der Waals surface area contributed by atoms with Crippen molar-refractivity contribution < 1.29 is 9.90 Å². The van der Waals surface area contributed by atoms with Crippen LogP contribution in [-0.2, 0) is 16.1 Å². The zero-order valence-electron chi connectivity index (χ0n) is 29.6. The first-order valence-electron chi connectivity index (χ1n) is 18.7. The third-order valence-electron chi connectivity index (χ3n) is 12.3. The van der Waals surface area contributed by atoms with E-state index in [-0.39, 0.29) is 22.7 Å². The summed E-state index contributed by atoms with van der Waals surface area (Å²) in [6.07, 6.45) is 3.63. The molecular formula is C48H28N6O2. The Morgan fingerprint density at radius 3 is 1.95 bits per heavy atom. The highest BCUT2D eigenvalue weighted by atomic mass is 16.3.